The maximum absolute atomic E-state index is 12.0. The van der Waals surface area contributed by atoms with E-state index < -0.39 is 12.6 Å². The Hall–Kier alpha value is -1.40. The van der Waals surface area contributed by atoms with Crippen LogP contribution in [0.4, 0.5) is 8.78 Å². The fourth-order valence-corrected chi connectivity index (χ4v) is 1.65. The molecule has 1 rings (SSSR count). The first-order valence-corrected chi connectivity index (χ1v) is 5.87. The minimum absolute atomic E-state index is 0. The number of nitrogens with zero attached hydrogens (tertiary/aromatic N) is 1. The van der Waals surface area contributed by atoms with Gasteiger partial charge in [-0.1, -0.05) is 12.1 Å². The molecular formula is C13H18ClF2NO3. The number of ether oxygens (including phenoxy) is 1. The van der Waals surface area contributed by atoms with Crippen molar-refractivity contribution in [3.05, 3.63) is 29.8 Å². The number of carboxylic acids is 1. The fourth-order valence-electron chi connectivity index (χ4n) is 1.65. The first kappa shape index (κ1) is 18.6. The van der Waals surface area contributed by atoms with Crippen LogP contribution in [0.15, 0.2) is 24.3 Å². The highest BCUT2D eigenvalue weighted by Crippen LogP contribution is 2.22. The first-order valence-electron chi connectivity index (χ1n) is 5.87. The molecule has 0 fully saturated rings. The molecule has 0 radical (unpaired) electrons. The average molecular weight is 310 g/mol. The summed E-state index contributed by atoms with van der Waals surface area (Å²) in [4.78, 5) is 12.4. The normalized spacial score (nSPS) is 12.1. The molecule has 0 saturated carbocycles. The van der Waals surface area contributed by atoms with Crippen molar-refractivity contribution in [3.8, 4) is 5.75 Å². The molecule has 0 aliphatic carbocycles. The van der Waals surface area contributed by atoms with Gasteiger partial charge in [0.25, 0.3) is 0 Å². The number of alkyl halides is 2. The van der Waals surface area contributed by atoms with Gasteiger partial charge < -0.3 is 9.84 Å². The van der Waals surface area contributed by atoms with E-state index in [2.05, 4.69) is 4.74 Å². The highest BCUT2D eigenvalue weighted by molar-refractivity contribution is 5.85. The van der Waals surface area contributed by atoms with Gasteiger partial charge >= 0.3 is 12.6 Å². The van der Waals surface area contributed by atoms with Crippen molar-refractivity contribution < 1.29 is 23.4 Å². The van der Waals surface area contributed by atoms with E-state index in [9.17, 15) is 13.6 Å². The Balaban J connectivity index is 0.00000361. The SMILES string of the molecule is CC(c1ccc(OC(F)F)cc1)N(C)CCC(=O)O.Cl. The van der Waals surface area contributed by atoms with Crippen LogP contribution in [-0.4, -0.2) is 36.2 Å². The van der Waals surface area contributed by atoms with Crippen LogP contribution < -0.4 is 4.74 Å². The van der Waals surface area contributed by atoms with Gasteiger partial charge in [-0.2, -0.15) is 8.78 Å². The lowest BCUT2D eigenvalue weighted by molar-refractivity contribution is -0.137. The van der Waals surface area contributed by atoms with Crippen molar-refractivity contribution in [2.45, 2.75) is 26.0 Å². The van der Waals surface area contributed by atoms with E-state index >= 15 is 0 Å². The van der Waals surface area contributed by atoms with E-state index in [0.29, 0.717) is 6.54 Å². The van der Waals surface area contributed by atoms with E-state index in [1.54, 1.807) is 12.1 Å². The zero-order valence-electron chi connectivity index (χ0n) is 11.3. The summed E-state index contributed by atoms with van der Waals surface area (Å²) >= 11 is 0. The Morgan fingerprint density at radius 3 is 2.35 bits per heavy atom. The molecule has 1 aromatic carbocycles. The molecule has 4 nitrogen and oxygen atoms in total. The smallest absolute Gasteiger partial charge is 0.387 e. The highest BCUT2D eigenvalue weighted by Gasteiger charge is 2.13. The minimum Gasteiger partial charge on any atom is -0.481 e. The van der Waals surface area contributed by atoms with Gasteiger partial charge in [-0.3, -0.25) is 9.69 Å². The molecule has 1 N–H and O–H groups in total. The Morgan fingerprint density at radius 1 is 1.35 bits per heavy atom. The van der Waals surface area contributed by atoms with Crippen molar-refractivity contribution in [1.82, 2.24) is 4.90 Å². The van der Waals surface area contributed by atoms with Crippen molar-refractivity contribution in [1.29, 1.82) is 0 Å². The van der Waals surface area contributed by atoms with Crippen molar-refractivity contribution in [2.24, 2.45) is 0 Å². The number of aliphatic carboxylic acids is 1. The first-order chi connectivity index (χ1) is 8.90. The molecule has 0 bridgehead atoms. The van der Waals surface area contributed by atoms with Gasteiger partial charge in [-0.05, 0) is 31.7 Å². The van der Waals surface area contributed by atoms with Gasteiger partial charge in [0, 0.05) is 12.6 Å². The lowest BCUT2D eigenvalue weighted by Gasteiger charge is -2.24. The van der Waals surface area contributed by atoms with E-state index in [-0.39, 0.29) is 30.6 Å². The predicted octanol–water partition coefficient (Wildman–Crippen LogP) is 3.18. The third-order valence-electron chi connectivity index (χ3n) is 2.93. The Kier molecular flexibility index (Phi) is 8.10. The number of halogens is 3. The van der Waals surface area contributed by atoms with Crippen LogP contribution in [0.3, 0.4) is 0 Å². The quantitative estimate of drug-likeness (QED) is 0.840. The largest absolute Gasteiger partial charge is 0.481 e. The molecule has 7 heteroatoms. The van der Waals surface area contributed by atoms with Gasteiger partial charge in [0.05, 0.1) is 6.42 Å². The molecule has 114 valence electrons. The van der Waals surface area contributed by atoms with Crippen molar-refractivity contribution >= 4 is 18.4 Å². The van der Waals surface area contributed by atoms with Gasteiger partial charge in [0.2, 0.25) is 0 Å². The molecule has 0 heterocycles. The summed E-state index contributed by atoms with van der Waals surface area (Å²) in [6.07, 6.45) is 0.0629. The minimum atomic E-state index is -2.83. The topological polar surface area (TPSA) is 49.8 Å². The third-order valence-corrected chi connectivity index (χ3v) is 2.93. The lowest BCUT2D eigenvalue weighted by Crippen LogP contribution is -2.25. The van der Waals surface area contributed by atoms with E-state index in [1.807, 2.05) is 18.9 Å². The fraction of sp³-hybridized carbons (Fsp3) is 0.462. The van der Waals surface area contributed by atoms with Crippen LogP contribution in [0, 0.1) is 0 Å². The summed E-state index contributed by atoms with van der Waals surface area (Å²) in [5.41, 5.74) is 0.912. The van der Waals surface area contributed by atoms with E-state index in [1.165, 1.54) is 12.1 Å². The molecule has 1 aromatic rings. The Morgan fingerprint density at radius 2 is 1.90 bits per heavy atom. The Labute approximate surface area is 122 Å². The molecule has 20 heavy (non-hydrogen) atoms. The summed E-state index contributed by atoms with van der Waals surface area (Å²) in [5, 5.41) is 8.62. The molecule has 0 saturated heterocycles. The maximum Gasteiger partial charge on any atom is 0.387 e. The zero-order valence-corrected chi connectivity index (χ0v) is 12.1. The van der Waals surface area contributed by atoms with Gasteiger partial charge in [-0.15, -0.1) is 12.4 Å². The van der Waals surface area contributed by atoms with Crippen LogP contribution in [0.2, 0.25) is 0 Å². The van der Waals surface area contributed by atoms with Crippen molar-refractivity contribution in [3.63, 3.8) is 0 Å². The zero-order chi connectivity index (χ0) is 14.4. The number of hydrogen-bond donors (Lipinski definition) is 1. The van der Waals surface area contributed by atoms with Gasteiger partial charge in [0.15, 0.2) is 0 Å². The summed E-state index contributed by atoms with van der Waals surface area (Å²) in [7, 11) is 1.82. The predicted molar refractivity (Wildman–Crippen MR) is 73.6 cm³/mol. The summed E-state index contributed by atoms with van der Waals surface area (Å²) in [6.45, 7) is -0.488. The second-order valence-corrected chi connectivity index (χ2v) is 4.25. The Bertz CT molecular complexity index is 415. The maximum atomic E-state index is 12.0. The molecule has 1 atom stereocenters. The van der Waals surface area contributed by atoms with E-state index in [0.717, 1.165) is 5.56 Å². The number of benzene rings is 1. The van der Waals surface area contributed by atoms with Crippen LogP contribution >= 0.6 is 12.4 Å². The number of carboxylic acid groups (broad SMARTS) is 1. The number of carbonyl (C=O) groups is 1. The van der Waals surface area contributed by atoms with Crippen LogP contribution in [-0.2, 0) is 4.79 Å². The summed E-state index contributed by atoms with van der Waals surface area (Å²) in [6, 6.07) is 6.34. The number of hydrogen-bond acceptors (Lipinski definition) is 3. The summed E-state index contributed by atoms with van der Waals surface area (Å²) in [5.74, 6) is -0.737. The van der Waals surface area contributed by atoms with Gasteiger partial charge in [0.1, 0.15) is 5.75 Å². The molecule has 0 aliphatic heterocycles. The van der Waals surface area contributed by atoms with E-state index in [4.69, 9.17) is 5.11 Å². The van der Waals surface area contributed by atoms with Crippen molar-refractivity contribution in [2.75, 3.05) is 13.6 Å². The average Bonchev–Trinajstić information content (AvgIpc) is 2.35. The lowest BCUT2D eigenvalue weighted by atomic mass is 10.1. The third kappa shape index (κ3) is 6.16. The van der Waals surface area contributed by atoms with Gasteiger partial charge in [-0.25, -0.2) is 0 Å². The van der Waals surface area contributed by atoms with Crippen LogP contribution in [0.25, 0.3) is 0 Å². The molecule has 0 amide bonds. The molecule has 0 spiro atoms. The molecule has 0 aromatic heterocycles. The standard InChI is InChI=1S/C13H17F2NO3.ClH/c1-9(16(2)8-7-12(17)18)10-3-5-11(6-4-10)19-13(14)15;/h3-6,9,13H,7-8H2,1-2H3,(H,17,18);1H. The van der Waals surface area contributed by atoms with Crippen LogP contribution in [0.1, 0.15) is 24.9 Å². The second-order valence-electron chi connectivity index (χ2n) is 4.25. The monoisotopic (exact) mass is 309 g/mol. The molecular weight excluding hydrogens is 292 g/mol. The number of rotatable bonds is 7. The highest BCUT2D eigenvalue weighted by atomic mass is 35.5. The van der Waals surface area contributed by atoms with Crippen LogP contribution in [0.5, 0.6) is 5.75 Å². The molecule has 1 unspecified atom stereocenters. The summed E-state index contributed by atoms with van der Waals surface area (Å²) < 4.78 is 28.3. The second kappa shape index (κ2) is 8.71. The molecule has 0 aliphatic rings.